The monoisotopic (exact) mass is 360 g/mol. The van der Waals surface area contributed by atoms with Gasteiger partial charge in [0.25, 0.3) is 0 Å². The second kappa shape index (κ2) is 6.32. The van der Waals surface area contributed by atoms with Crippen molar-refractivity contribution in [2.45, 2.75) is 33.0 Å². The first-order valence-corrected chi connectivity index (χ1v) is 8.57. The summed E-state index contributed by atoms with van der Waals surface area (Å²) >= 11 is 6.45. The average Bonchev–Trinajstić information content (AvgIpc) is 3.36. The molecule has 0 bridgehead atoms. The maximum atomic E-state index is 13.0. The molecule has 0 aliphatic carbocycles. The number of fused-ring (bicyclic) bond motifs is 1. The van der Waals surface area contributed by atoms with Crippen LogP contribution < -0.4 is 4.74 Å². The van der Waals surface area contributed by atoms with Crippen molar-refractivity contribution in [1.29, 1.82) is 0 Å². The van der Waals surface area contributed by atoms with E-state index in [2.05, 4.69) is 16.9 Å². The number of ether oxygens (including phenoxy) is 2. The van der Waals surface area contributed by atoms with Gasteiger partial charge in [-0.05, 0) is 37.1 Å². The molecule has 1 aliphatic rings. The van der Waals surface area contributed by atoms with Crippen LogP contribution in [-0.4, -0.2) is 22.7 Å². The first kappa shape index (κ1) is 16.4. The van der Waals surface area contributed by atoms with Gasteiger partial charge in [0, 0.05) is 23.1 Å². The molecule has 2 aromatic heterocycles. The normalized spacial score (nSPS) is 16.4. The number of hydrogen-bond acceptors (Lipinski definition) is 3. The molecular weight excluding hydrogens is 343 g/mol. The number of halogens is 2. The van der Waals surface area contributed by atoms with E-state index in [1.54, 1.807) is 12.1 Å². The molecule has 1 N–H and O–H groups in total. The molecule has 3 heterocycles. The second-order valence-corrected chi connectivity index (χ2v) is 6.74. The Morgan fingerprint density at radius 3 is 2.72 bits per heavy atom. The lowest BCUT2D eigenvalue weighted by atomic mass is 10.0. The number of aromatic nitrogens is 2. The molecule has 130 valence electrons. The highest BCUT2D eigenvalue weighted by Crippen LogP contribution is 2.36. The number of benzene rings is 1. The summed E-state index contributed by atoms with van der Waals surface area (Å²) in [6.07, 6.45) is 0.974. The van der Waals surface area contributed by atoms with Gasteiger partial charge in [-0.2, -0.15) is 4.98 Å². The zero-order valence-electron chi connectivity index (χ0n) is 14.0. The summed E-state index contributed by atoms with van der Waals surface area (Å²) in [6, 6.07) is 6.21. The second-order valence-electron chi connectivity index (χ2n) is 6.39. The maximum absolute atomic E-state index is 13.0. The predicted octanol–water partition coefficient (Wildman–Crippen LogP) is 4.49. The number of hydrogen-bond donors (Lipinski definition) is 1. The van der Waals surface area contributed by atoms with E-state index in [1.807, 2.05) is 6.92 Å². The summed E-state index contributed by atoms with van der Waals surface area (Å²) in [5, 5.41) is 1.50. The van der Waals surface area contributed by atoms with Crippen LogP contribution in [0.2, 0.25) is 5.15 Å². The van der Waals surface area contributed by atoms with Crippen LogP contribution in [0.25, 0.3) is 10.9 Å². The van der Waals surface area contributed by atoms with Crippen molar-refractivity contribution in [3.8, 4) is 5.88 Å². The Balaban J connectivity index is 1.71. The Morgan fingerprint density at radius 1 is 1.32 bits per heavy atom. The number of rotatable bonds is 5. The summed E-state index contributed by atoms with van der Waals surface area (Å²) in [5.74, 6) is 0.190. The Bertz CT molecular complexity index is 933. The highest BCUT2D eigenvalue weighted by molar-refractivity contribution is 6.31. The molecule has 1 atom stereocenters. The molecule has 1 aliphatic heterocycles. The third kappa shape index (κ3) is 3.22. The molecule has 0 amide bonds. The van der Waals surface area contributed by atoms with E-state index in [0.717, 1.165) is 46.3 Å². The lowest BCUT2D eigenvalue weighted by Gasteiger charge is -2.11. The number of H-pyrrole nitrogens is 1. The van der Waals surface area contributed by atoms with Crippen molar-refractivity contribution < 1.29 is 13.9 Å². The minimum Gasteiger partial charge on any atom is -0.471 e. The van der Waals surface area contributed by atoms with Crippen LogP contribution in [0, 0.1) is 19.7 Å². The van der Waals surface area contributed by atoms with Gasteiger partial charge in [-0.15, -0.1) is 0 Å². The Hall–Kier alpha value is -2.11. The highest BCUT2D eigenvalue weighted by atomic mass is 35.5. The number of aryl methyl sites for hydroxylation is 2. The fraction of sp³-hybridized carbons (Fsp3) is 0.316. The highest BCUT2D eigenvalue weighted by Gasteiger charge is 2.27. The summed E-state index contributed by atoms with van der Waals surface area (Å²) in [4.78, 5) is 7.81. The first-order chi connectivity index (χ1) is 12.0. The van der Waals surface area contributed by atoms with Crippen molar-refractivity contribution in [2.24, 2.45) is 0 Å². The molecule has 0 spiro atoms. The molecule has 3 aromatic rings. The molecular formula is C19H18ClFN2O2. The van der Waals surface area contributed by atoms with E-state index in [9.17, 15) is 4.39 Å². The van der Waals surface area contributed by atoms with Crippen LogP contribution in [0.1, 0.15) is 22.4 Å². The molecule has 1 aromatic carbocycles. The predicted molar refractivity (Wildman–Crippen MR) is 94.8 cm³/mol. The van der Waals surface area contributed by atoms with Gasteiger partial charge in [0.1, 0.15) is 23.1 Å². The number of epoxide rings is 1. The molecule has 4 rings (SSSR count). The molecule has 1 fully saturated rings. The molecule has 4 nitrogen and oxygen atoms in total. The third-order valence-corrected chi connectivity index (χ3v) is 4.90. The summed E-state index contributed by atoms with van der Waals surface area (Å²) < 4.78 is 24.3. The molecule has 6 heteroatoms. The number of nitrogens with one attached hydrogen (secondary N) is 1. The zero-order valence-corrected chi connectivity index (χ0v) is 14.8. The van der Waals surface area contributed by atoms with E-state index < -0.39 is 0 Å². The van der Waals surface area contributed by atoms with Crippen molar-refractivity contribution in [3.05, 3.63) is 57.6 Å². The van der Waals surface area contributed by atoms with Gasteiger partial charge in [0.15, 0.2) is 0 Å². The zero-order chi connectivity index (χ0) is 17.6. The largest absolute Gasteiger partial charge is 0.471 e. The van der Waals surface area contributed by atoms with Crippen LogP contribution in [0.5, 0.6) is 5.88 Å². The fourth-order valence-corrected chi connectivity index (χ4v) is 3.26. The van der Waals surface area contributed by atoms with Gasteiger partial charge < -0.3 is 14.5 Å². The Morgan fingerprint density at radius 2 is 2.04 bits per heavy atom. The number of nitrogens with zero attached hydrogens (tertiary/aromatic N) is 1. The lowest BCUT2D eigenvalue weighted by Crippen LogP contribution is -2.02. The quantitative estimate of drug-likeness (QED) is 0.538. The van der Waals surface area contributed by atoms with Crippen molar-refractivity contribution in [1.82, 2.24) is 9.97 Å². The van der Waals surface area contributed by atoms with Gasteiger partial charge in [-0.3, -0.25) is 0 Å². The van der Waals surface area contributed by atoms with Crippen LogP contribution in [0.4, 0.5) is 4.39 Å². The molecule has 1 saturated heterocycles. The average molecular weight is 361 g/mol. The molecule has 25 heavy (non-hydrogen) atoms. The van der Waals surface area contributed by atoms with Crippen molar-refractivity contribution in [2.75, 3.05) is 6.61 Å². The standard InChI is InChI=1S/C19H18ClFN2O2/c1-10-11(2)22-17-16(10)15(7-14-9-24-14)18(20)23-19(17)25-8-12-3-5-13(21)6-4-12/h3-6,14,22H,7-9H2,1-2H3. The Kier molecular flexibility index (Phi) is 4.13. The minimum atomic E-state index is -0.269. The maximum Gasteiger partial charge on any atom is 0.240 e. The lowest BCUT2D eigenvalue weighted by molar-refractivity contribution is 0.297. The van der Waals surface area contributed by atoms with E-state index >= 15 is 0 Å². The van der Waals surface area contributed by atoms with E-state index in [0.29, 0.717) is 17.6 Å². The van der Waals surface area contributed by atoms with Crippen LogP contribution in [0.3, 0.4) is 0 Å². The SMILES string of the molecule is Cc1[nH]c2c(OCc3ccc(F)cc3)nc(Cl)c(CC3CO3)c2c1C. The summed E-state index contributed by atoms with van der Waals surface area (Å²) in [6.45, 7) is 5.14. The summed E-state index contributed by atoms with van der Waals surface area (Å²) in [7, 11) is 0. The van der Waals surface area contributed by atoms with Crippen LogP contribution in [0.15, 0.2) is 24.3 Å². The van der Waals surface area contributed by atoms with Crippen LogP contribution in [-0.2, 0) is 17.8 Å². The van der Waals surface area contributed by atoms with Crippen molar-refractivity contribution >= 4 is 22.5 Å². The van der Waals surface area contributed by atoms with E-state index in [1.165, 1.54) is 12.1 Å². The van der Waals surface area contributed by atoms with E-state index in [4.69, 9.17) is 21.1 Å². The fourth-order valence-electron chi connectivity index (χ4n) is 3.01. The van der Waals surface area contributed by atoms with Crippen molar-refractivity contribution in [3.63, 3.8) is 0 Å². The number of aromatic amines is 1. The third-order valence-electron chi connectivity index (χ3n) is 4.59. The minimum absolute atomic E-state index is 0.225. The first-order valence-electron chi connectivity index (χ1n) is 8.19. The van der Waals surface area contributed by atoms with E-state index in [-0.39, 0.29) is 11.9 Å². The number of pyridine rings is 1. The topological polar surface area (TPSA) is 50.4 Å². The van der Waals surface area contributed by atoms with Gasteiger partial charge in [0.05, 0.1) is 12.7 Å². The van der Waals surface area contributed by atoms with Gasteiger partial charge in [0.2, 0.25) is 5.88 Å². The van der Waals surface area contributed by atoms with Gasteiger partial charge >= 0.3 is 0 Å². The molecule has 1 unspecified atom stereocenters. The smallest absolute Gasteiger partial charge is 0.240 e. The molecule has 0 saturated carbocycles. The van der Waals surface area contributed by atoms with Gasteiger partial charge in [-0.1, -0.05) is 23.7 Å². The summed E-state index contributed by atoms with van der Waals surface area (Å²) in [5.41, 5.74) is 4.90. The van der Waals surface area contributed by atoms with Gasteiger partial charge in [-0.25, -0.2) is 4.39 Å². The van der Waals surface area contributed by atoms with Crippen LogP contribution >= 0.6 is 11.6 Å². The molecule has 0 radical (unpaired) electrons. The Labute approximate surface area is 149 Å².